The average Bonchev–Trinajstić information content (AvgIpc) is 3.15. The molecular weight excluding hydrogens is 298 g/mol. The molecule has 2 aromatic rings. The summed E-state index contributed by atoms with van der Waals surface area (Å²) in [6.07, 6.45) is 8.83. The summed E-state index contributed by atoms with van der Waals surface area (Å²) in [4.78, 5) is 11.3. The number of aliphatic imine (C=N–C) groups is 1. The molecular formula is C17H24ClN3O. The van der Waals surface area contributed by atoms with Gasteiger partial charge in [0.1, 0.15) is 5.75 Å². The van der Waals surface area contributed by atoms with Crippen LogP contribution in [0.3, 0.4) is 0 Å². The fourth-order valence-corrected chi connectivity index (χ4v) is 2.93. The Bertz CT molecular complexity index is 595. The van der Waals surface area contributed by atoms with Crippen LogP contribution < -0.4 is 4.74 Å². The maximum Gasteiger partial charge on any atom is 0.146 e. The summed E-state index contributed by atoms with van der Waals surface area (Å²) in [5, 5.41) is 0. The van der Waals surface area contributed by atoms with Gasteiger partial charge in [-0.05, 0) is 43.7 Å². The van der Waals surface area contributed by atoms with Gasteiger partial charge in [-0.15, -0.1) is 12.4 Å². The van der Waals surface area contributed by atoms with E-state index >= 15 is 0 Å². The summed E-state index contributed by atoms with van der Waals surface area (Å²) in [5.74, 6) is 1.70. The van der Waals surface area contributed by atoms with Gasteiger partial charge in [0.15, 0.2) is 0 Å². The van der Waals surface area contributed by atoms with Crippen molar-refractivity contribution in [2.24, 2.45) is 10.9 Å². The molecule has 0 spiro atoms. The second-order valence-electron chi connectivity index (χ2n) is 5.94. The van der Waals surface area contributed by atoms with E-state index in [1.807, 2.05) is 30.6 Å². The van der Waals surface area contributed by atoms with Crippen LogP contribution in [-0.2, 0) is 0 Å². The second kappa shape index (κ2) is 7.54. The van der Waals surface area contributed by atoms with Gasteiger partial charge in [0, 0.05) is 18.5 Å². The Hall–Kier alpha value is -1.68. The zero-order valence-electron chi connectivity index (χ0n) is 13.1. The lowest BCUT2D eigenvalue weighted by Crippen LogP contribution is -2.15. The number of halogens is 1. The molecule has 1 fully saturated rings. The number of nitrogens with one attached hydrogen (secondary N) is 2. The van der Waals surface area contributed by atoms with E-state index in [1.54, 1.807) is 7.11 Å². The van der Waals surface area contributed by atoms with Gasteiger partial charge in [0.25, 0.3) is 0 Å². The summed E-state index contributed by atoms with van der Waals surface area (Å²) in [6, 6.07) is 6.49. The van der Waals surface area contributed by atoms with Crippen molar-refractivity contribution in [1.82, 2.24) is 9.97 Å². The lowest BCUT2D eigenvalue weighted by molar-refractivity contribution is 0.350. The first-order chi connectivity index (χ1) is 10.3. The van der Waals surface area contributed by atoms with Crippen molar-refractivity contribution < 1.29 is 4.74 Å². The summed E-state index contributed by atoms with van der Waals surface area (Å²) in [7, 11) is 1.70. The highest BCUT2D eigenvalue weighted by Crippen LogP contribution is 2.27. The van der Waals surface area contributed by atoms with Gasteiger partial charge in [-0.3, -0.25) is 4.99 Å². The minimum Gasteiger partial charge on any atom is -0.494 e. The molecule has 2 heterocycles. The van der Waals surface area contributed by atoms with E-state index in [1.165, 1.54) is 25.7 Å². The molecule has 0 atom stereocenters. The normalized spacial score (nSPS) is 21.7. The quantitative estimate of drug-likeness (QED) is 0.804. The summed E-state index contributed by atoms with van der Waals surface area (Å²) in [6.45, 7) is 2.33. The summed E-state index contributed by atoms with van der Waals surface area (Å²) in [5.41, 5.74) is 3.02. The highest BCUT2D eigenvalue weighted by Gasteiger charge is 2.17. The molecule has 0 aliphatic heterocycles. The van der Waals surface area contributed by atoms with E-state index in [-0.39, 0.29) is 12.4 Å². The van der Waals surface area contributed by atoms with Crippen LogP contribution in [0.4, 0.5) is 0 Å². The van der Waals surface area contributed by atoms with E-state index in [0.29, 0.717) is 6.04 Å². The fraction of sp³-hybridized carbons (Fsp3) is 0.471. The zero-order chi connectivity index (χ0) is 14.7. The SMILES string of the molecule is COc1cc(-c2ccc[nH]2)[nH]c1C=NC1CCC(C)CC1.Cl. The number of H-pyrrole nitrogens is 2. The highest BCUT2D eigenvalue weighted by molar-refractivity contribution is 5.85. The first kappa shape index (κ1) is 16.7. The standard InChI is InChI=1S/C17H23N3O.ClH/c1-12-5-7-13(8-6-12)19-11-16-17(21-2)10-15(20-16)14-4-3-9-18-14;/h3-4,9-13,18,20H,5-8H2,1-2H3;1H. The first-order valence-electron chi connectivity index (χ1n) is 7.70. The number of aromatic amines is 2. The maximum atomic E-state index is 5.44. The van der Waals surface area contributed by atoms with Crippen molar-refractivity contribution in [1.29, 1.82) is 0 Å². The lowest BCUT2D eigenvalue weighted by atomic mass is 9.88. The molecule has 2 aromatic heterocycles. The van der Waals surface area contributed by atoms with E-state index in [0.717, 1.165) is 28.7 Å². The van der Waals surface area contributed by atoms with Crippen LogP contribution in [0.5, 0.6) is 5.75 Å². The molecule has 2 N–H and O–H groups in total. The van der Waals surface area contributed by atoms with Crippen molar-refractivity contribution in [2.75, 3.05) is 7.11 Å². The number of methoxy groups -OCH3 is 1. The van der Waals surface area contributed by atoms with Crippen molar-refractivity contribution in [2.45, 2.75) is 38.6 Å². The molecule has 22 heavy (non-hydrogen) atoms. The van der Waals surface area contributed by atoms with E-state index in [4.69, 9.17) is 9.73 Å². The minimum atomic E-state index is 0. The van der Waals surface area contributed by atoms with E-state index in [9.17, 15) is 0 Å². The molecule has 0 saturated heterocycles. The van der Waals surface area contributed by atoms with Gasteiger partial charge < -0.3 is 14.7 Å². The number of aromatic nitrogens is 2. The molecule has 1 aliphatic carbocycles. The molecule has 5 heteroatoms. The van der Waals surface area contributed by atoms with Gasteiger partial charge in [0.2, 0.25) is 0 Å². The third kappa shape index (κ3) is 3.74. The molecule has 3 rings (SSSR count). The molecule has 0 radical (unpaired) electrons. The maximum absolute atomic E-state index is 5.44. The van der Waals surface area contributed by atoms with Crippen LogP contribution in [0.2, 0.25) is 0 Å². The van der Waals surface area contributed by atoms with Gasteiger partial charge in [0.05, 0.1) is 30.2 Å². The molecule has 120 valence electrons. The largest absolute Gasteiger partial charge is 0.494 e. The molecule has 1 saturated carbocycles. The van der Waals surface area contributed by atoms with Crippen LogP contribution >= 0.6 is 12.4 Å². The summed E-state index contributed by atoms with van der Waals surface area (Å²) >= 11 is 0. The van der Waals surface area contributed by atoms with Crippen molar-refractivity contribution >= 4 is 18.6 Å². The van der Waals surface area contributed by atoms with Gasteiger partial charge in [-0.25, -0.2) is 0 Å². The zero-order valence-corrected chi connectivity index (χ0v) is 14.0. The number of ether oxygens (including phenoxy) is 1. The average molecular weight is 322 g/mol. The van der Waals surface area contributed by atoms with Crippen molar-refractivity contribution in [3.8, 4) is 17.1 Å². The Morgan fingerprint density at radius 1 is 1.23 bits per heavy atom. The Morgan fingerprint density at radius 3 is 2.64 bits per heavy atom. The Balaban J connectivity index is 0.00000176. The van der Waals surface area contributed by atoms with Crippen molar-refractivity contribution in [3.05, 3.63) is 30.1 Å². The van der Waals surface area contributed by atoms with E-state index in [2.05, 4.69) is 16.9 Å². The second-order valence-corrected chi connectivity index (χ2v) is 5.94. The molecule has 0 aromatic carbocycles. The van der Waals surface area contributed by atoms with Crippen LogP contribution in [0.1, 0.15) is 38.3 Å². The molecule has 0 bridgehead atoms. The molecule has 0 amide bonds. The number of hydrogen-bond donors (Lipinski definition) is 2. The minimum absolute atomic E-state index is 0. The topological polar surface area (TPSA) is 53.2 Å². The van der Waals surface area contributed by atoms with Gasteiger partial charge in [-0.2, -0.15) is 0 Å². The summed E-state index contributed by atoms with van der Waals surface area (Å²) < 4.78 is 5.44. The van der Waals surface area contributed by atoms with Crippen LogP contribution in [0.15, 0.2) is 29.4 Å². The molecule has 0 unspecified atom stereocenters. The number of rotatable bonds is 4. The molecule has 4 nitrogen and oxygen atoms in total. The lowest BCUT2D eigenvalue weighted by Gasteiger charge is -2.22. The number of nitrogens with zero attached hydrogens (tertiary/aromatic N) is 1. The molecule has 1 aliphatic rings. The smallest absolute Gasteiger partial charge is 0.146 e. The number of hydrogen-bond acceptors (Lipinski definition) is 2. The predicted molar refractivity (Wildman–Crippen MR) is 93.4 cm³/mol. The van der Waals surface area contributed by atoms with Crippen LogP contribution in [0, 0.1) is 5.92 Å². The third-order valence-electron chi connectivity index (χ3n) is 4.32. The Morgan fingerprint density at radius 2 is 2.00 bits per heavy atom. The van der Waals surface area contributed by atoms with Crippen LogP contribution in [-0.4, -0.2) is 29.3 Å². The monoisotopic (exact) mass is 321 g/mol. The Labute approximate surface area is 137 Å². The first-order valence-corrected chi connectivity index (χ1v) is 7.70. The third-order valence-corrected chi connectivity index (χ3v) is 4.32. The highest BCUT2D eigenvalue weighted by atomic mass is 35.5. The van der Waals surface area contributed by atoms with Gasteiger partial charge >= 0.3 is 0 Å². The van der Waals surface area contributed by atoms with Crippen LogP contribution in [0.25, 0.3) is 11.4 Å². The fourth-order valence-electron chi connectivity index (χ4n) is 2.93. The Kier molecular flexibility index (Phi) is 5.72. The van der Waals surface area contributed by atoms with Gasteiger partial charge in [-0.1, -0.05) is 6.92 Å². The van der Waals surface area contributed by atoms with Crippen molar-refractivity contribution in [3.63, 3.8) is 0 Å². The van der Waals surface area contributed by atoms with E-state index < -0.39 is 0 Å². The predicted octanol–water partition coefficient (Wildman–Crippen LogP) is 4.44.